The van der Waals surface area contributed by atoms with Crippen molar-refractivity contribution in [2.75, 3.05) is 0 Å². The normalized spacial score (nSPS) is 19.8. The van der Waals surface area contributed by atoms with Crippen LogP contribution in [0.5, 0.6) is 0 Å². The lowest BCUT2D eigenvalue weighted by molar-refractivity contribution is -0.0893. The Morgan fingerprint density at radius 1 is 0.906 bits per heavy atom. The quantitative estimate of drug-likeness (QED) is 0.585. The lowest BCUT2D eigenvalue weighted by atomic mass is 9.74. The molecular weight excluding hydrogens is 393 g/mol. The van der Waals surface area contributed by atoms with E-state index in [1.165, 1.54) is 22.2 Å². The molecule has 5 rings (SSSR count). The Hall–Kier alpha value is -2.82. The molecule has 0 bridgehead atoms. The standard InChI is InChI=1S/C28H30BNO2/c1-27(2,31)28(3,4)32-29-22-15-10-16-23-26(22)25-21-14-9-8-11-19(21)17-18-24(25)30(23)20-12-6-5-7-13-20/h5-19,21,29,31H,1-4H3. The van der Waals surface area contributed by atoms with Gasteiger partial charge in [-0.1, -0.05) is 60.7 Å². The Kier molecular flexibility index (Phi) is 5.03. The van der Waals surface area contributed by atoms with Gasteiger partial charge in [0.15, 0.2) is 0 Å². The summed E-state index contributed by atoms with van der Waals surface area (Å²) < 4.78 is 8.69. The largest absolute Gasteiger partial charge is 0.427 e. The van der Waals surface area contributed by atoms with E-state index >= 15 is 0 Å². The molecule has 0 spiro atoms. The van der Waals surface area contributed by atoms with Crippen LogP contribution in [0.15, 0.2) is 78.9 Å². The highest BCUT2D eigenvalue weighted by Crippen LogP contribution is 2.43. The van der Waals surface area contributed by atoms with Gasteiger partial charge in [0.25, 0.3) is 0 Å². The Morgan fingerprint density at radius 2 is 1.66 bits per heavy atom. The topological polar surface area (TPSA) is 34.4 Å². The van der Waals surface area contributed by atoms with Crippen molar-refractivity contribution in [2.24, 2.45) is 5.92 Å². The number of aromatic nitrogens is 1. The van der Waals surface area contributed by atoms with E-state index in [0.29, 0.717) is 19.3 Å². The molecule has 162 valence electrons. The zero-order valence-electron chi connectivity index (χ0n) is 19.2. The van der Waals surface area contributed by atoms with Gasteiger partial charge in [-0.15, -0.1) is 0 Å². The molecule has 2 aliphatic carbocycles. The number of fused-ring (bicyclic) bond motifs is 5. The second kappa shape index (κ2) is 7.65. The predicted molar refractivity (Wildman–Crippen MR) is 135 cm³/mol. The van der Waals surface area contributed by atoms with Crippen LogP contribution in [0.1, 0.15) is 44.9 Å². The molecule has 0 aliphatic heterocycles. The summed E-state index contributed by atoms with van der Waals surface area (Å²) >= 11 is 0. The minimum absolute atomic E-state index is 0.302. The summed E-state index contributed by atoms with van der Waals surface area (Å²) in [6, 6.07) is 17.0. The summed E-state index contributed by atoms with van der Waals surface area (Å²) in [6.07, 6.45) is 13.5. The second-order valence-corrected chi connectivity index (χ2v) is 9.87. The van der Waals surface area contributed by atoms with Gasteiger partial charge in [0, 0.05) is 22.9 Å². The average Bonchev–Trinajstić information content (AvgIpc) is 3.13. The van der Waals surface area contributed by atoms with Crippen LogP contribution in [-0.2, 0) is 4.65 Å². The molecule has 32 heavy (non-hydrogen) atoms. The Morgan fingerprint density at radius 3 is 2.41 bits per heavy atom. The first-order valence-electron chi connectivity index (χ1n) is 11.4. The number of hydrogen-bond donors (Lipinski definition) is 1. The van der Waals surface area contributed by atoms with Crippen molar-refractivity contribution in [3.63, 3.8) is 0 Å². The maximum atomic E-state index is 10.6. The molecule has 1 N–H and O–H groups in total. The van der Waals surface area contributed by atoms with E-state index in [0.717, 1.165) is 11.2 Å². The van der Waals surface area contributed by atoms with Gasteiger partial charge in [0.2, 0.25) is 0 Å². The van der Waals surface area contributed by atoms with Gasteiger partial charge in [-0.2, -0.15) is 0 Å². The van der Waals surface area contributed by atoms with Crippen LogP contribution < -0.4 is 5.46 Å². The zero-order chi connectivity index (χ0) is 22.5. The summed E-state index contributed by atoms with van der Waals surface area (Å²) in [5.74, 6) is 0.667. The smallest absolute Gasteiger partial charge is 0.310 e. The third-order valence-corrected chi connectivity index (χ3v) is 7.22. The molecule has 2 atom stereocenters. The van der Waals surface area contributed by atoms with Crippen LogP contribution in [0.4, 0.5) is 0 Å². The minimum atomic E-state index is -0.943. The van der Waals surface area contributed by atoms with Crippen molar-refractivity contribution in [3.05, 3.63) is 90.2 Å². The second-order valence-electron chi connectivity index (χ2n) is 9.87. The predicted octanol–water partition coefficient (Wildman–Crippen LogP) is 5.03. The van der Waals surface area contributed by atoms with Gasteiger partial charge >= 0.3 is 7.48 Å². The maximum Gasteiger partial charge on any atom is 0.310 e. The van der Waals surface area contributed by atoms with E-state index in [2.05, 4.69) is 89.6 Å². The lowest BCUT2D eigenvalue weighted by Crippen LogP contribution is -2.49. The maximum absolute atomic E-state index is 10.6. The van der Waals surface area contributed by atoms with E-state index in [1.807, 2.05) is 13.8 Å². The third kappa shape index (κ3) is 3.39. The number of benzene rings is 2. The molecule has 2 unspecified atom stereocenters. The fourth-order valence-electron chi connectivity index (χ4n) is 4.67. The average molecular weight is 423 g/mol. The van der Waals surface area contributed by atoms with E-state index in [4.69, 9.17) is 4.65 Å². The Balaban J connectivity index is 1.72. The van der Waals surface area contributed by atoms with Crippen molar-refractivity contribution >= 4 is 29.9 Å². The molecule has 2 aliphatic rings. The van der Waals surface area contributed by atoms with Gasteiger partial charge in [-0.05, 0) is 63.0 Å². The SMILES string of the molecule is CC(C)(O)C(C)(C)OBc1cccc2c1c1c(n2-c2ccccc2)C=CC2C=CC=CC12. The van der Waals surface area contributed by atoms with Crippen LogP contribution in [0.3, 0.4) is 0 Å². The van der Waals surface area contributed by atoms with Gasteiger partial charge in [-0.25, -0.2) is 0 Å². The molecule has 0 amide bonds. The first-order chi connectivity index (χ1) is 15.3. The highest BCUT2D eigenvalue weighted by molar-refractivity contribution is 6.51. The molecule has 1 aromatic heterocycles. The number of nitrogens with zero attached hydrogens (tertiary/aromatic N) is 1. The Labute approximate surface area is 191 Å². The first-order valence-corrected chi connectivity index (χ1v) is 11.4. The fourth-order valence-corrected chi connectivity index (χ4v) is 4.67. The van der Waals surface area contributed by atoms with Gasteiger partial charge < -0.3 is 14.3 Å². The lowest BCUT2D eigenvalue weighted by Gasteiger charge is -2.37. The number of aliphatic hydroxyl groups is 1. The Bertz CT molecular complexity index is 1240. The number of rotatable bonds is 5. The zero-order valence-corrected chi connectivity index (χ0v) is 19.2. The van der Waals surface area contributed by atoms with Crippen LogP contribution in [0.2, 0.25) is 0 Å². The molecule has 0 radical (unpaired) electrons. The molecule has 3 aromatic rings. The highest BCUT2D eigenvalue weighted by Gasteiger charge is 2.36. The van der Waals surface area contributed by atoms with Crippen molar-refractivity contribution in [1.29, 1.82) is 0 Å². The molecular formula is C28H30BNO2. The van der Waals surface area contributed by atoms with Gasteiger partial charge in [0.05, 0.1) is 22.4 Å². The van der Waals surface area contributed by atoms with E-state index in [9.17, 15) is 5.11 Å². The first kappa shape index (κ1) is 21.1. The summed E-state index contributed by atoms with van der Waals surface area (Å²) in [5.41, 5.74) is 4.49. The van der Waals surface area contributed by atoms with Gasteiger partial charge in [-0.3, -0.25) is 0 Å². The molecule has 4 heteroatoms. The van der Waals surface area contributed by atoms with E-state index in [-0.39, 0.29) is 0 Å². The molecule has 0 saturated carbocycles. The fraction of sp³-hybridized carbons (Fsp3) is 0.286. The van der Waals surface area contributed by atoms with E-state index < -0.39 is 11.2 Å². The van der Waals surface area contributed by atoms with Crippen LogP contribution in [-0.4, -0.2) is 28.4 Å². The monoisotopic (exact) mass is 423 g/mol. The van der Waals surface area contributed by atoms with Crippen LogP contribution in [0.25, 0.3) is 22.7 Å². The van der Waals surface area contributed by atoms with E-state index in [1.54, 1.807) is 13.8 Å². The van der Waals surface area contributed by atoms with Crippen LogP contribution >= 0.6 is 0 Å². The van der Waals surface area contributed by atoms with Crippen molar-refractivity contribution < 1.29 is 9.76 Å². The molecule has 0 fully saturated rings. The van der Waals surface area contributed by atoms with Gasteiger partial charge in [0.1, 0.15) is 0 Å². The molecule has 2 aromatic carbocycles. The highest BCUT2D eigenvalue weighted by atomic mass is 16.5. The number of allylic oxidation sites excluding steroid dienone is 5. The molecule has 0 saturated heterocycles. The summed E-state index contributed by atoms with van der Waals surface area (Å²) in [5, 5.41) is 11.8. The molecule has 3 nitrogen and oxygen atoms in total. The number of para-hydroxylation sites is 1. The number of hydrogen-bond acceptors (Lipinski definition) is 2. The minimum Gasteiger partial charge on any atom is -0.427 e. The third-order valence-electron chi connectivity index (χ3n) is 7.22. The van der Waals surface area contributed by atoms with Crippen molar-refractivity contribution in [1.82, 2.24) is 4.57 Å². The van der Waals surface area contributed by atoms with Crippen LogP contribution in [0, 0.1) is 5.92 Å². The summed E-state index contributed by atoms with van der Waals surface area (Å²) in [7, 11) is 0.445. The summed E-state index contributed by atoms with van der Waals surface area (Å²) in [4.78, 5) is 0. The molecule has 1 heterocycles. The summed E-state index contributed by atoms with van der Waals surface area (Å²) in [6.45, 7) is 7.50. The van der Waals surface area contributed by atoms with Crippen molar-refractivity contribution in [2.45, 2.75) is 44.8 Å². The van der Waals surface area contributed by atoms with Crippen molar-refractivity contribution in [3.8, 4) is 5.69 Å².